The number of hydrogen-bond donors (Lipinski definition) is 1. The van der Waals surface area contributed by atoms with Crippen LogP contribution in [0.1, 0.15) is 60.6 Å². The summed E-state index contributed by atoms with van der Waals surface area (Å²) in [4.78, 5) is 11.5. The number of para-hydroxylation sites is 1. The smallest absolute Gasteiger partial charge is 0.337 e. The number of rotatable bonds is 7. The molecule has 0 radical (unpaired) electrons. The minimum atomic E-state index is -3.60. The van der Waals surface area contributed by atoms with Gasteiger partial charge in [-0.1, -0.05) is 44.2 Å². The summed E-state index contributed by atoms with van der Waals surface area (Å²) in [6.07, 6.45) is 2.17. The number of hydrogen-bond acceptors (Lipinski definition) is 5. The second-order valence-corrected chi connectivity index (χ2v) is 9.11. The molecule has 0 saturated carbocycles. The predicted octanol–water partition coefficient (Wildman–Crippen LogP) is 3.98. The number of carbonyl (C=O) groups excluding carboxylic acids is 1. The number of carbonyl (C=O) groups is 1. The molecule has 0 saturated heterocycles. The van der Waals surface area contributed by atoms with Gasteiger partial charge in [-0.25, -0.2) is 17.9 Å². The largest absolute Gasteiger partial charge is 0.487 e. The van der Waals surface area contributed by atoms with Crippen molar-refractivity contribution < 1.29 is 22.7 Å². The van der Waals surface area contributed by atoms with Gasteiger partial charge >= 0.3 is 5.97 Å². The van der Waals surface area contributed by atoms with Gasteiger partial charge in [0.25, 0.3) is 0 Å². The Bertz CT molecular complexity index is 965. The second-order valence-electron chi connectivity index (χ2n) is 7.35. The Hall–Kier alpha value is -2.38. The third kappa shape index (κ3) is 4.79. The molecular formula is C22H27NO5S. The molecule has 29 heavy (non-hydrogen) atoms. The van der Waals surface area contributed by atoms with E-state index in [9.17, 15) is 13.2 Å². The van der Waals surface area contributed by atoms with Gasteiger partial charge in [-0.05, 0) is 36.6 Å². The van der Waals surface area contributed by atoms with Gasteiger partial charge in [0.2, 0.25) is 10.0 Å². The van der Waals surface area contributed by atoms with Crippen molar-refractivity contribution in [3.63, 3.8) is 0 Å². The van der Waals surface area contributed by atoms with Crippen LogP contribution in [0, 0.1) is 0 Å². The summed E-state index contributed by atoms with van der Waals surface area (Å²) >= 11 is 0. The van der Waals surface area contributed by atoms with Crippen LogP contribution >= 0.6 is 0 Å². The van der Waals surface area contributed by atoms with E-state index in [0.29, 0.717) is 17.5 Å². The molecule has 1 aliphatic heterocycles. The van der Waals surface area contributed by atoms with Gasteiger partial charge in [0.1, 0.15) is 11.4 Å². The molecule has 1 heterocycles. The fraction of sp³-hybridized carbons (Fsp3) is 0.409. The van der Waals surface area contributed by atoms with Crippen LogP contribution in [0.15, 0.2) is 48.5 Å². The molecule has 0 amide bonds. The van der Waals surface area contributed by atoms with Gasteiger partial charge < -0.3 is 9.47 Å². The number of ether oxygens (including phenoxy) is 2. The van der Waals surface area contributed by atoms with Gasteiger partial charge in [0, 0.05) is 12.0 Å². The number of sulfonamides is 1. The van der Waals surface area contributed by atoms with E-state index >= 15 is 0 Å². The molecular weight excluding hydrogens is 390 g/mol. The normalized spacial score (nSPS) is 17.8. The van der Waals surface area contributed by atoms with Crippen LogP contribution in [0.25, 0.3) is 0 Å². The van der Waals surface area contributed by atoms with Crippen molar-refractivity contribution in [2.45, 2.75) is 50.5 Å². The minimum Gasteiger partial charge on any atom is -0.487 e. The molecule has 0 fully saturated rings. The van der Waals surface area contributed by atoms with E-state index < -0.39 is 16.0 Å². The molecule has 7 heteroatoms. The van der Waals surface area contributed by atoms with E-state index in [2.05, 4.69) is 23.3 Å². The maximum absolute atomic E-state index is 12.9. The maximum atomic E-state index is 12.9. The van der Waals surface area contributed by atoms with E-state index in [0.717, 1.165) is 24.2 Å². The summed E-state index contributed by atoms with van der Waals surface area (Å²) < 4.78 is 39.6. The first-order valence-electron chi connectivity index (χ1n) is 9.76. The molecule has 3 rings (SSSR count). The van der Waals surface area contributed by atoms with Crippen molar-refractivity contribution in [1.82, 2.24) is 4.72 Å². The molecule has 156 valence electrons. The highest BCUT2D eigenvalue weighted by Gasteiger charge is 2.39. The standard InChI is InChI=1S/C22H27NO5S/c1-4-22(5-2)14-19(18-8-6-7-9-20(18)28-22)23-29(25,26)15-16-10-12-17(13-11-16)21(24)27-3/h6-13,19,23H,4-5,14-15H2,1-3H3/t19-/m1/s1. The third-order valence-electron chi connectivity index (χ3n) is 5.54. The van der Waals surface area contributed by atoms with Crippen LogP contribution in [-0.4, -0.2) is 27.1 Å². The first-order valence-corrected chi connectivity index (χ1v) is 11.4. The van der Waals surface area contributed by atoms with Crippen molar-refractivity contribution in [3.05, 3.63) is 65.2 Å². The van der Waals surface area contributed by atoms with Gasteiger partial charge in [0.15, 0.2) is 0 Å². The van der Waals surface area contributed by atoms with Crippen LogP contribution in [0.3, 0.4) is 0 Å². The quantitative estimate of drug-likeness (QED) is 0.689. The zero-order chi connectivity index (χ0) is 21.1. The van der Waals surface area contributed by atoms with E-state index in [1.165, 1.54) is 7.11 Å². The number of methoxy groups -OCH3 is 1. The molecule has 1 aliphatic rings. The lowest BCUT2D eigenvalue weighted by Gasteiger charge is -2.41. The van der Waals surface area contributed by atoms with Crippen molar-refractivity contribution in [2.75, 3.05) is 7.11 Å². The molecule has 2 aromatic carbocycles. The molecule has 1 atom stereocenters. The average Bonchev–Trinajstić information content (AvgIpc) is 2.73. The Morgan fingerprint density at radius 1 is 1.14 bits per heavy atom. The molecule has 0 aromatic heterocycles. The molecule has 6 nitrogen and oxygen atoms in total. The predicted molar refractivity (Wildman–Crippen MR) is 111 cm³/mol. The number of nitrogens with one attached hydrogen (secondary N) is 1. The summed E-state index contributed by atoms with van der Waals surface area (Å²) in [5.41, 5.74) is 1.46. The lowest BCUT2D eigenvalue weighted by molar-refractivity contribution is 0.0260. The minimum absolute atomic E-state index is 0.167. The number of fused-ring (bicyclic) bond motifs is 1. The van der Waals surface area contributed by atoms with E-state index in [4.69, 9.17) is 4.74 Å². The summed E-state index contributed by atoms with van der Waals surface area (Å²) in [6, 6.07) is 13.6. The average molecular weight is 418 g/mol. The van der Waals surface area contributed by atoms with Crippen LogP contribution in [0.4, 0.5) is 0 Å². The SMILES string of the molecule is CCC1(CC)C[C@@H](NS(=O)(=O)Cc2ccc(C(=O)OC)cc2)c2ccccc2O1. The van der Waals surface area contributed by atoms with Crippen LogP contribution in [0.2, 0.25) is 0 Å². The van der Waals surface area contributed by atoms with E-state index in [-0.39, 0.29) is 17.4 Å². The fourth-order valence-electron chi connectivity index (χ4n) is 3.74. The Morgan fingerprint density at radius 3 is 2.41 bits per heavy atom. The second kappa shape index (κ2) is 8.55. The Labute approximate surface area is 172 Å². The molecule has 0 unspecified atom stereocenters. The van der Waals surface area contributed by atoms with Crippen LogP contribution in [0.5, 0.6) is 5.75 Å². The highest BCUT2D eigenvalue weighted by Crippen LogP contribution is 2.42. The van der Waals surface area contributed by atoms with Crippen molar-refractivity contribution in [3.8, 4) is 5.75 Å². The monoisotopic (exact) mass is 417 g/mol. The van der Waals surface area contributed by atoms with Crippen molar-refractivity contribution in [1.29, 1.82) is 0 Å². The number of esters is 1. The van der Waals surface area contributed by atoms with Crippen LogP contribution < -0.4 is 9.46 Å². The van der Waals surface area contributed by atoms with Gasteiger partial charge in [-0.2, -0.15) is 0 Å². The zero-order valence-corrected chi connectivity index (χ0v) is 17.8. The first-order chi connectivity index (χ1) is 13.8. The Kier molecular flexibility index (Phi) is 6.29. The Morgan fingerprint density at radius 2 is 1.79 bits per heavy atom. The summed E-state index contributed by atoms with van der Waals surface area (Å²) in [6.45, 7) is 4.12. The summed E-state index contributed by atoms with van der Waals surface area (Å²) in [5.74, 6) is 0.114. The Balaban J connectivity index is 1.81. The lowest BCUT2D eigenvalue weighted by Crippen LogP contribution is -2.44. The third-order valence-corrected chi connectivity index (χ3v) is 6.90. The van der Waals surface area contributed by atoms with Crippen molar-refractivity contribution >= 4 is 16.0 Å². The lowest BCUT2D eigenvalue weighted by atomic mass is 9.84. The topological polar surface area (TPSA) is 81.7 Å². The summed E-state index contributed by atoms with van der Waals surface area (Å²) in [5, 5.41) is 0. The highest BCUT2D eigenvalue weighted by atomic mass is 32.2. The van der Waals surface area contributed by atoms with Crippen LogP contribution in [-0.2, 0) is 20.5 Å². The number of benzene rings is 2. The maximum Gasteiger partial charge on any atom is 0.337 e. The fourth-order valence-corrected chi connectivity index (χ4v) is 5.10. The molecule has 2 aromatic rings. The first kappa shape index (κ1) is 21.3. The summed E-state index contributed by atoms with van der Waals surface area (Å²) in [7, 11) is -2.30. The highest BCUT2D eigenvalue weighted by molar-refractivity contribution is 7.88. The molecule has 0 spiro atoms. The van der Waals surface area contributed by atoms with Crippen molar-refractivity contribution in [2.24, 2.45) is 0 Å². The van der Waals surface area contributed by atoms with E-state index in [1.807, 2.05) is 24.3 Å². The van der Waals surface area contributed by atoms with E-state index in [1.54, 1.807) is 24.3 Å². The zero-order valence-electron chi connectivity index (χ0n) is 17.0. The molecule has 0 aliphatic carbocycles. The van der Waals surface area contributed by atoms with Gasteiger partial charge in [-0.3, -0.25) is 0 Å². The molecule has 0 bridgehead atoms. The van der Waals surface area contributed by atoms with Gasteiger partial charge in [0.05, 0.1) is 24.5 Å². The van der Waals surface area contributed by atoms with Gasteiger partial charge in [-0.15, -0.1) is 0 Å². The molecule has 1 N–H and O–H groups in total.